The van der Waals surface area contributed by atoms with Crippen molar-refractivity contribution in [3.63, 3.8) is 0 Å². The molecule has 2 aromatic rings. The molecule has 1 saturated heterocycles. The molecule has 0 bridgehead atoms. The summed E-state index contributed by atoms with van der Waals surface area (Å²) in [5.74, 6) is 1.63. The SMILES string of the molecule is O=C(NC1CC2(CCN(CC3CC3)CC2)Oc2ccccc21)c1cnccn1. The number of rotatable bonds is 4. The van der Waals surface area contributed by atoms with Crippen molar-refractivity contribution >= 4 is 5.91 Å². The summed E-state index contributed by atoms with van der Waals surface area (Å²) in [5.41, 5.74) is 1.19. The molecule has 1 aromatic heterocycles. The molecule has 2 fully saturated rings. The van der Waals surface area contributed by atoms with E-state index in [1.807, 2.05) is 24.3 Å². The highest BCUT2D eigenvalue weighted by Gasteiger charge is 2.44. The number of hydrogen-bond donors (Lipinski definition) is 1. The number of fused-ring (bicyclic) bond motifs is 1. The number of aromatic nitrogens is 2. The van der Waals surface area contributed by atoms with Gasteiger partial charge in [0.15, 0.2) is 0 Å². The van der Waals surface area contributed by atoms with Gasteiger partial charge in [0.2, 0.25) is 0 Å². The molecule has 0 radical (unpaired) electrons. The molecular formula is C22H26N4O2. The number of hydrogen-bond acceptors (Lipinski definition) is 5. The smallest absolute Gasteiger partial charge is 0.271 e. The Balaban J connectivity index is 1.34. The first kappa shape index (κ1) is 17.6. The van der Waals surface area contributed by atoms with E-state index in [0.29, 0.717) is 5.69 Å². The van der Waals surface area contributed by atoms with Gasteiger partial charge in [-0.15, -0.1) is 0 Å². The minimum absolute atomic E-state index is 0.0746. The summed E-state index contributed by atoms with van der Waals surface area (Å²) in [7, 11) is 0. The minimum Gasteiger partial charge on any atom is -0.487 e. The summed E-state index contributed by atoms with van der Waals surface area (Å²) in [6, 6.07) is 8.00. The van der Waals surface area contributed by atoms with Crippen LogP contribution in [-0.2, 0) is 0 Å². The third kappa shape index (κ3) is 3.61. The Morgan fingerprint density at radius 1 is 1.21 bits per heavy atom. The quantitative estimate of drug-likeness (QED) is 0.886. The van der Waals surface area contributed by atoms with E-state index in [0.717, 1.165) is 49.6 Å². The van der Waals surface area contributed by atoms with E-state index >= 15 is 0 Å². The number of ether oxygens (including phenoxy) is 1. The maximum Gasteiger partial charge on any atom is 0.271 e. The number of carbonyl (C=O) groups excluding carboxylic acids is 1. The lowest BCUT2D eigenvalue weighted by Gasteiger charge is -2.47. The lowest BCUT2D eigenvalue weighted by atomic mass is 9.80. The van der Waals surface area contributed by atoms with Crippen LogP contribution in [0.4, 0.5) is 0 Å². The van der Waals surface area contributed by atoms with Gasteiger partial charge in [-0.2, -0.15) is 0 Å². The zero-order valence-corrected chi connectivity index (χ0v) is 16.0. The zero-order chi connectivity index (χ0) is 19.0. The van der Waals surface area contributed by atoms with Crippen molar-refractivity contribution in [1.82, 2.24) is 20.2 Å². The number of nitrogens with one attached hydrogen (secondary N) is 1. The number of para-hydroxylation sites is 1. The van der Waals surface area contributed by atoms with Gasteiger partial charge < -0.3 is 15.0 Å². The summed E-state index contributed by atoms with van der Waals surface area (Å²) in [5, 5.41) is 3.18. The van der Waals surface area contributed by atoms with E-state index < -0.39 is 0 Å². The van der Waals surface area contributed by atoms with Crippen LogP contribution in [0.1, 0.15) is 54.2 Å². The van der Waals surface area contributed by atoms with Crippen LogP contribution in [0, 0.1) is 5.92 Å². The predicted octanol–water partition coefficient (Wildman–Crippen LogP) is 2.97. The van der Waals surface area contributed by atoms with Gasteiger partial charge >= 0.3 is 0 Å². The van der Waals surface area contributed by atoms with Gasteiger partial charge in [-0.05, 0) is 37.7 Å². The number of carbonyl (C=O) groups is 1. The summed E-state index contributed by atoms with van der Waals surface area (Å²) < 4.78 is 6.54. The molecule has 1 atom stereocenters. The average molecular weight is 378 g/mol. The fourth-order valence-electron chi connectivity index (χ4n) is 4.51. The number of amides is 1. The average Bonchev–Trinajstić information content (AvgIpc) is 3.55. The Kier molecular flexibility index (Phi) is 4.51. The molecule has 1 aliphatic carbocycles. The van der Waals surface area contributed by atoms with E-state index in [9.17, 15) is 4.79 Å². The topological polar surface area (TPSA) is 67.4 Å². The van der Waals surface area contributed by atoms with Crippen molar-refractivity contribution in [3.8, 4) is 5.75 Å². The molecule has 6 heteroatoms. The van der Waals surface area contributed by atoms with Crippen LogP contribution in [0.5, 0.6) is 5.75 Å². The standard InChI is InChI=1S/C22H26N4O2/c27-21(19-14-23-9-10-24-19)25-18-13-22(28-20-4-2-1-3-17(18)20)7-11-26(12-8-22)15-16-5-6-16/h1-4,9-10,14,16,18H,5-8,11-13,15H2,(H,25,27). The van der Waals surface area contributed by atoms with Gasteiger partial charge in [-0.3, -0.25) is 9.78 Å². The number of likely N-dealkylation sites (tertiary alicyclic amines) is 1. The van der Waals surface area contributed by atoms with Gasteiger partial charge in [0.25, 0.3) is 5.91 Å². The molecule has 1 aromatic carbocycles. The molecule has 1 spiro atoms. The van der Waals surface area contributed by atoms with Crippen LogP contribution < -0.4 is 10.1 Å². The fraction of sp³-hybridized carbons (Fsp3) is 0.500. The second kappa shape index (κ2) is 7.17. The molecule has 2 aliphatic heterocycles. The van der Waals surface area contributed by atoms with Crippen LogP contribution >= 0.6 is 0 Å². The van der Waals surface area contributed by atoms with Crippen LogP contribution in [0.25, 0.3) is 0 Å². The summed E-state index contributed by atoms with van der Waals surface area (Å²) in [6.45, 7) is 3.38. The normalized spacial score (nSPS) is 23.6. The molecule has 1 unspecified atom stereocenters. The largest absolute Gasteiger partial charge is 0.487 e. The van der Waals surface area contributed by atoms with Crippen molar-refractivity contribution in [2.24, 2.45) is 5.92 Å². The monoisotopic (exact) mass is 378 g/mol. The van der Waals surface area contributed by atoms with Crippen LogP contribution in [0.2, 0.25) is 0 Å². The number of nitrogens with zero attached hydrogens (tertiary/aromatic N) is 3. The first-order valence-corrected chi connectivity index (χ1v) is 10.3. The molecule has 1 N–H and O–H groups in total. The molecule has 1 amide bonds. The Hall–Kier alpha value is -2.47. The van der Waals surface area contributed by atoms with Crippen molar-refractivity contribution in [3.05, 3.63) is 54.1 Å². The molecule has 28 heavy (non-hydrogen) atoms. The summed E-state index contributed by atoms with van der Waals surface area (Å²) >= 11 is 0. The molecular weight excluding hydrogens is 352 g/mol. The summed E-state index contributed by atoms with van der Waals surface area (Å²) in [4.78, 5) is 23.4. The summed E-state index contributed by atoms with van der Waals surface area (Å²) in [6.07, 6.45) is 10.2. The Morgan fingerprint density at radius 3 is 2.79 bits per heavy atom. The molecule has 3 heterocycles. The van der Waals surface area contributed by atoms with E-state index in [4.69, 9.17) is 4.74 Å². The van der Waals surface area contributed by atoms with E-state index in [1.54, 1.807) is 12.4 Å². The number of piperidine rings is 1. The van der Waals surface area contributed by atoms with Gasteiger partial charge in [-0.1, -0.05) is 18.2 Å². The molecule has 5 rings (SSSR count). The Bertz CT molecular complexity index is 845. The number of benzene rings is 1. The van der Waals surface area contributed by atoms with E-state index in [-0.39, 0.29) is 17.6 Å². The van der Waals surface area contributed by atoms with Crippen molar-refractivity contribution in [2.45, 2.75) is 43.7 Å². The zero-order valence-electron chi connectivity index (χ0n) is 16.0. The molecule has 6 nitrogen and oxygen atoms in total. The molecule has 1 saturated carbocycles. The third-order valence-electron chi connectivity index (χ3n) is 6.28. The maximum absolute atomic E-state index is 12.7. The predicted molar refractivity (Wildman–Crippen MR) is 105 cm³/mol. The first-order chi connectivity index (χ1) is 13.7. The van der Waals surface area contributed by atoms with Gasteiger partial charge in [0, 0.05) is 44.0 Å². The highest BCUT2D eigenvalue weighted by molar-refractivity contribution is 5.92. The Morgan fingerprint density at radius 2 is 2.04 bits per heavy atom. The highest BCUT2D eigenvalue weighted by atomic mass is 16.5. The Labute approximate surface area is 165 Å². The maximum atomic E-state index is 12.7. The fourth-order valence-corrected chi connectivity index (χ4v) is 4.51. The highest BCUT2D eigenvalue weighted by Crippen LogP contribution is 2.44. The lowest BCUT2D eigenvalue weighted by Crippen LogP contribution is -2.52. The van der Waals surface area contributed by atoms with Crippen molar-refractivity contribution in [1.29, 1.82) is 0 Å². The third-order valence-corrected chi connectivity index (χ3v) is 6.28. The van der Waals surface area contributed by atoms with Crippen LogP contribution in [-0.4, -0.2) is 46.0 Å². The van der Waals surface area contributed by atoms with Gasteiger partial charge in [-0.25, -0.2) is 4.98 Å². The van der Waals surface area contributed by atoms with E-state index in [1.165, 1.54) is 25.6 Å². The second-order valence-electron chi connectivity index (χ2n) is 8.39. The lowest BCUT2D eigenvalue weighted by molar-refractivity contribution is -0.0254. The van der Waals surface area contributed by atoms with Crippen molar-refractivity contribution < 1.29 is 9.53 Å². The van der Waals surface area contributed by atoms with Gasteiger partial charge in [0.05, 0.1) is 12.2 Å². The second-order valence-corrected chi connectivity index (χ2v) is 8.39. The van der Waals surface area contributed by atoms with Crippen LogP contribution in [0.15, 0.2) is 42.9 Å². The van der Waals surface area contributed by atoms with E-state index in [2.05, 4.69) is 20.2 Å². The molecule has 146 valence electrons. The van der Waals surface area contributed by atoms with Gasteiger partial charge in [0.1, 0.15) is 17.0 Å². The van der Waals surface area contributed by atoms with Crippen LogP contribution in [0.3, 0.4) is 0 Å². The van der Waals surface area contributed by atoms with Crippen molar-refractivity contribution in [2.75, 3.05) is 19.6 Å². The first-order valence-electron chi connectivity index (χ1n) is 10.3. The minimum atomic E-state index is -0.200. The molecule has 3 aliphatic rings.